The Bertz CT molecular complexity index is 672. The van der Waals surface area contributed by atoms with Gasteiger partial charge in [0.2, 0.25) is 5.91 Å². The molecule has 104 valence electrons. The van der Waals surface area contributed by atoms with Crippen LogP contribution in [0.3, 0.4) is 0 Å². The number of nitrogens with zero attached hydrogens (tertiary/aromatic N) is 2. The Morgan fingerprint density at radius 3 is 2.75 bits per heavy atom. The Morgan fingerprint density at radius 1 is 1.40 bits per heavy atom. The molecule has 0 unspecified atom stereocenters. The monoisotopic (exact) mass is 297 g/mol. The van der Waals surface area contributed by atoms with Gasteiger partial charge in [-0.1, -0.05) is 11.6 Å². The number of hydrogen-bond donors (Lipinski definition) is 2. The van der Waals surface area contributed by atoms with E-state index < -0.39 is 17.7 Å². The van der Waals surface area contributed by atoms with Crippen molar-refractivity contribution in [2.24, 2.45) is 0 Å². The molecule has 0 radical (unpaired) electrons. The number of rotatable bonds is 4. The predicted octanol–water partition coefficient (Wildman–Crippen LogP) is 2.01. The molecule has 2 aromatic rings. The zero-order valence-corrected chi connectivity index (χ0v) is 10.8. The Morgan fingerprint density at radius 2 is 2.15 bits per heavy atom. The quantitative estimate of drug-likeness (QED) is 0.904. The first-order valence-electron chi connectivity index (χ1n) is 5.47. The zero-order chi connectivity index (χ0) is 14.7. The summed E-state index contributed by atoms with van der Waals surface area (Å²) in [4.78, 5) is 22.3. The second-order valence-electron chi connectivity index (χ2n) is 3.88. The number of anilines is 1. The van der Waals surface area contributed by atoms with E-state index in [0.717, 1.165) is 6.07 Å². The van der Waals surface area contributed by atoms with E-state index in [9.17, 15) is 14.0 Å². The van der Waals surface area contributed by atoms with Gasteiger partial charge in [0.1, 0.15) is 12.4 Å². The van der Waals surface area contributed by atoms with Gasteiger partial charge in [-0.05, 0) is 24.3 Å². The molecular weight excluding hydrogens is 289 g/mol. The van der Waals surface area contributed by atoms with Crippen LogP contribution in [0.1, 0.15) is 10.5 Å². The number of carbonyl (C=O) groups is 2. The lowest BCUT2D eigenvalue weighted by Crippen LogP contribution is -2.19. The van der Waals surface area contributed by atoms with E-state index in [4.69, 9.17) is 16.7 Å². The summed E-state index contributed by atoms with van der Waals surface area (Å²) in [6.07, 6.45) is 1.38. The van der Waals surface area contributed by atoms with Crippen molar-refractivity contribution in [3.8, 4) is 0 Å². The first-order valence-corrected chi connectivity index (χ1v) is 5.85. The van der Waals surface area contributed by atoms with Crippen molar-refractivity contribution in [3.05, 3.63) is 47.0 Å². The summed E-state index contributed by atoms with van der Waals surface area (Å²) in [7, 11) is 0. The molecular formula is C12H9ClFN3O3. The molecule has 6 nitrogen and oxygen atoms in total. The second kappa shape index (κ2) is 5.70. The van der Waals surface area contributed by atoms with Crippen LogP contribution in [0, 0.1) is 5.82 Å². The third kappa shape index (κ3) is 3.33. The van der Waals surface area contributed by atoms with Crippen molar-refractivity contribution < 1.29 is 19.1 Å². The number of halogens is 2. The van der Waals surface area contributed by atoms with Gasteiger partial charge in [-0.25, -0.2) is 9.18 Å². The van der Waals surface area contributed by atoms with Crippen LogP contribution in [0.15, 0.2) is 30.5 Å². The molecule has 0 fully saturated rings. The fraction of sp³-hybridized carbons (Fsp3) is 0.0833. The van der Waals surface area contributed by atoms with Gasteiger partial charge in [0.15, 0.2) is 5.69 Å². The van der Waals surface area contributed by atoms with Crippen LogP contribution < -0.4 is 5.32 Å². The number of nitrogens with one attached hydrogen (secondary N) is 1. The first kappa shape index (κ1) is 14.0. The first-order chi connectivity index (χ1) is 9.45. The third-order valence-electron chi connectivity index (χ3n) is 2.37. The summed E-state index contributed by atoms with van der Waals surface area (Å²) < 4.78 is 14.1. The van der Waals surface area contributed by atoms with Gasteiger partial charge >= 0.3 is 5.97 Å². The smallest absolute Gasteiger partial charge is 0.356 e. The summed E-state index contributed by atoms with van der Waals surface area (Å²) in [6.45, 7) is -0.164. The fourth-order valence-electron chi connectivity index (χ4n) is 1.49. The van der Waals surface area contributed by atoms with Crippen LogP contribution >= 0.6 is 11.6 Å². The minimum absolute atomic E-state index is 0.102. The van der Waals surface area contributed by atoms with Gasteiger partial charge in [-0.3, -0.25) is 9.48 Å². The van der Waals surface area contributed by atoms with Gasteiger partial charge < -0.3 is 10.4 Å². The van der Waals surface area contributed by atoms with Crippen LogP contribution in [-0.2, 0) is 11.3 Å². The van der Waals surface area contributed by atoms with Crippen molar-refractivity contribution in [1.82, 2.24) is 9.78 Å². The molecule has 1 aromatic carbocycles. The summed E-state index contributed by atoms with van der Waals surface area (Å²) >= 11 is 5.59. The van der Waals surface area contributed by atoms with E-state index in [2.05, 4.69) is 10.4 Å². The molecule has 0 aliphatic heterocycles. The van der Waals surface area contributed by atoms with Crippen LogP contribution in [0.25, 0.3) is 0 Å². The summed E-state index contributed by atoms with van der Waals surface area (Å²) in [6, 6.07) is 5.06. The van der Waals surface area contributed by atoms with Crippen molar-refractivity contribution in [1.29, 1.82) is 0 Å². The standard InChI is InChI=1S/C12H9ClFN3O3/c13-8-5-7(1-2-9(8)14)15-11(18)6-17-4-3-10(16-17)12(19)20/h1-5H,6H2,(H,15,18)(H,19,20). The summed E-state index contributed by atoms with van der Waals surface area (Å²) in [5, 5.41) is 14.8. The van der Waals surface area contributed by atoms with Gasteiger partial charge in [0.05, 0.1) is 5.02 Å². The molecule has 0 atom stereocenters. The highest BCUT2D eigenvalue weighted by atomic mass is 35.5. The number of carbonyl (C=O) groups excluding carboxylic acids is 1. The Hall–Kier alpha value is -2.41. The van der Waals surface area contributed by atoms with Crippen LogP contribution in [-0.4, -0.2) is 26.8 Å². The van der Waals surface area contributed by atoms with E-state index in [1.165, 1.54) is 29.1 Å². The number of hydrogen-bond acceptors (Lipinski definition) is 3. The molecule has 8 heteroatoms. The second-order valence-corrected chi connectivity index (χ2v) is 4.29. The molecule has 0 saturated heterocycles. The SMILES string of the molecule is O=C(Cn1ccc(C(=O)O)n1)Nc1ccc(F)c(Cl)c1. The molecule has 0 spiro atoms. The highest BCUT2D eigenvalue weighted by Crippen LogP contribution is 2.19. The van der Waals surface area contributed by atoms with Gasteiger partial charge in [-0.2, -0.15) is 5.10 Å². The van der Waals surface area contributed by atoms with E-state index in [0.29, 0.717) is 5.69 Å². The lowest BCUT2D eigenvalue weighted by atomic mass is 10.3. The number of benzene rings is 1. The van der Waals surface area contributed by atoms with Crippen molar-refractivity contribution >= 4 is 29.2 Å². The fourth-order valence-corrected chi connectivity index (χ4v) is 1.67. The average Bonchev–Trinajstić information content (AvgIpc) is 2.82. The summed E-state index contributed by atoms with van der Waals surface area (Å²) in [5.74, 6) is -2.19. The lowest BCUT2D eigenvalue weighted by molar-refractivity contribution is -0.116. The Kier molecular flexibility index (Phi) is 3.99. The highest BCUT2D eigenvalue weighted by Gasteiger charge is 2.10. The zero-order valence-electron chi connectivity index (χ0n) is 10.0. The Labute approximate surface area is 117 Å². The van der Waals surface area contributed by atoms with Crippen LogP contribution in [0.2, 0.25) is 5.02 Å². The summed E-state index contributed by atoms with van der Waals surface area (Å²) in [5.41, 5.74) is 0.189. The maximum Gasteiger partial charge on any atom is 0.356 e. The van der Waals surface area contributed by atoms with Gasteiger partial charge in [0.25, 0.3) is 0 Å². The van der Waals surface area contributed by atoms with E-state index in [-0.39, 0.29) is 17.3 Å². The third-order valence-corrected chi connectivity index (χ3v) is 2.66. The molecule has 0 aliphatic carbocycles. The number of carboxylic acid groups (broad SMARTS) is 1. The molecule has 0 aliphatic rings. The van der Waals surface area contributed by atoms with E-state index in [1.54, 1.807) is 0 Å². The molecule has 1 amide bonds. The maximum absolute atomic E-state index is 12.9. The average molecular weight is 298 g/mol. The minimum Gasteiger partial charge on any atom is -0.476 e. The number of aromatic nitrogens is 2. The van der Waals surface area contributed by atoms with Crippen molar-refractivity contribution in [2.45, 2.75) is 6.54 Å². The molecule has 20 heavy (non-hydrogen) atoms. The molecule has 1 heterocycles. The van der Waals surface area contributed by atoms with Gasteiger partial charge in [-0.15, -0.1) is 0 Å². The van der Waals surface area contributed by atoms with Crippen LogP contribution in [0.5, 0.6) is 0 Å². The van der Waals surface area contributed by atoms with E-state index in [1.807, 2.05) is 0 Å². The lowest BCUT2D eigenvalue weighted by Gasteiger charge is -2.06. The predicted molar refractivity (Wildman–Crippen MR) is 69.2 cm³/mol. The number of carboxylic acids is 1. The molecule has 2 rings (SSSR count). The topological polar surface area (TPSA) is 84.2 Å². The molecule has 1 aromatic heterocycles. The maximum atomic E-state index is 12.9. The molecule has 0 bridgehead atoms. The molecule has 2 N–H and O–H groups in total. The Balaban J connectivity index is 2.01. The van der Waals surface area contributed by atoms with Crippen LogP contribution in [0.4, 0.5) is 10.1 Å². The number of amides is 1. The van der Waals surface area contributed by atoms with Crippen molar-refractivity contribution in [2.75, 3.05) is 5.32 Å². The van der Waals surface area contributed by atoms with E-state index >= 15 is 0 Å². The van der Waals surface area contributed by atoms with Crippen molar-refractivity contribution in [3.63, 3.8) is 0 Å². The molecule has 0 saturated carbocycles. The highest BCUT2D eigenvalue weighted by molar-refractivity contribution is 6.31. The largest absolute Gasteiger partial charge is 0.476 e. The number of aromatic carboxylic acids is 1. The van der Waals surface area contributed by atoms with Gasteiger partial charge in [0, 0.05) is 11.9 Å². The normalized spacial score (nSPS) is 10.3. The minimum atomic E-state index is -1.17.